The Morgan fingerprint density at radius 1 is 1.57 bits per heavy atom. The summed E-state index contributed by atoms with van der Waals surface area (Å²) in [7, 11) is 1.31. The van der Waals surface area contributed by atoms with E-state index in [0.717, 1.165) is 0 Å². The number of esters is 1. The highest BCUT2D eigenvalue weighted by atomic mass is 79.9. The van der Waals surface area contributed by atoms with E-state index >= 15 is 0 Å². The van der Waals surface area contributed by atoms with Crippen LogP contribution in [-0.2, 0) is 9.53 Å². The van der Waals surface area contributed by atoms with Gasteiger partial charge in [-0.15, -0.1) is 11.3 Å². The molecule has 0 aromatic carbocycles. The first-order valence-corrected chi connectivity index (χ1v) is 5.30. The van der Waals surface area contributed by atoms with Gasteiger partial charge in [0.2, 0.25) is 5.91 Å². The number of halogens is 1. The maximum Gasteiger partial charge on any atom is 0.348 e. The number of carbonyl (C=O) groups excluding carboxylic acids is 2. The zero-order chi connectivity index (χ0) is 10.7. The largest absolute Gasteiger partial charge is 0.465 e. The zero-order valence-electron chi connectivity index (χ0n) is 7.59. The Labute approximate surface area is 93.4 Å². The summed E-state index contributed by atoms with van der Waals surface area (Å²) in [6.45, 7) is 1.40. The van der Waals surface area contributed by atoms with E-state index in [9.17, 15) is 9.59 Å². The first-order chi connectivity index (χ1) is 6.54. The molecule has 6 heteroatoms. The van der Waals surface area contributed by atoms with Crippen molar-refractivity contribution in [2.75, 3.05) is 12.4 Å². The summed E-state index contributed by atoms with van der Waals surface area (Å²) < 4.78 is 5.25. The molecule has 0 aliphatic rings. The molecular formula is C8H8BrNO3S. The second kappa shape index (κ2) is 4.56. The van der Waals surface area contributed by atoms with Crippen LogP contribution in [0.5, 0.6) is 0 Å². The Kier molecular flexibility index (Phi) is 3.65. The minimum atomic E-state index is -0.410. The molecule has 14 heavy (non-hydrogen) atoms. The maximum atomic E-state index is 11.1. The Hall–Kier alpha value is -0.880. The molecule has 0 unspecified atom stereocenters. The zero-order valence-corrected chi connectivity index (χ0v) is 9.99. The summed E-state index contributed by atoms with van der Waals surface area (Å²) in [5.41, 5.74) is 0.586. The molecule has 0 bridgehead atoms. The van der Waals surface area contributed by atoms with E-state index < -0.39 is 5.97 Å². The molecule has 0 saturated heterocycles. The topological polar surface area (TPSA) is 55.4 Å². The molecule has 0 radical (unpaired) electrons. The lowest BCUT2D eigenvalue weighted by atomic mass is 10.4. The predicted octanol–water partition coefficient (Wildman–Crippen LogP) is 2.26. The standard InChI is InChI=1S/C8H8BrNO3S/c1-4(11)10-5-3-6(8(12)13-2)14-7(5)9/h3H,1-2H3,(H,10,11). The lowest BCUT2D eigenvalue weighted by Crippen LogP contribution is -2.05. The number of thiophene rings is 1. The Bertz CT molecular complexity index is 375. The fourth-order valence-electron chi connectivity index (χ4n) is 0.845. The second-order valence-corrected chi connectivity index (χ2v) is 4.84. The van der Waals surface area contributed by atoms with Crippen LogP contribution in [0, 0.1) is 0 Å². The van der Waals surface area contributed by atoms with Crippen molar-refractivity contribution in [3.63, 3.8) is 0 Å². The predicted molar refractivity (Wildman–Crippen MR) is 57.7 cm³/mol. The molecule has 0 fully saturated rings. The number of ether oxygens (including phenoxy) is 1. The number of carbonyl (C=O) groups is 2. The number of methoxy groups -OCH3 is 1. The van der Waals surface area contributed by atoms with Crippen LogP contribution in [-0.4, -0.2) is 19.0 Å². The number of nitrogens with one attached hydrogen (secondary N) is 1. The molecule has 76 valence electrons. The fraction of sp³-hybridized carbons (Fsp3) is 0.250. The smallest absolute Gasteiger partial charge is 0.348 e. The first kappa shape index (κ1) is 11.2. The molecular weight excluding hydrogens is 270 g/mol. The molecule has 0 spiro atoms. The summed E-state index contributed by atoms with van der Waals surface area (Å²) in [5, 5.41) is 2.59. The molecule has 1 amide bonds. The van der Waals surface area contributed by atoms with Gasteiger partial charge in [-0.2, -0.15) is 0 Å². The lowest BCUT2D eigenvalue weighted by molar-refractivity contribution is -0.114. The quantitative estimate of drug-likeness (QED) is 0.844. The number of hydrogen-bond acceptors (Lipinski definition) is 4. The van der Waals surface area contributed by atoms with Crippen molar-refractivity contribution >= 4 is 44.8 Å². The molecule has 0 aliphatic carbocycles. The van der Waals surface area contributed by atoms with Gasteiger partial charge in [0, 0.05) is 6.92 Å². The average Bonchev–Trinajstić information content (AvgIpc) is 2.46. The van der Waals surface area contributed by atoms with Gasteiger partial charge in [-0.05, 0) is 22.0 Å². The van der Waals surface area contributed by atoms with E-state index in [4.69, 9.17) is 0 Å². The van der Waals surface area contributed by atoms with E-state index in [0.29, 0.717) is 14.4 Å². The van der Waals surface area contributed by atoms with Gasteiger partial charge < -0.3 is 10.1 Å². The van der Waals surface area contributed by atoms with Crippen molar-refractivity contribution in [3.8, 4) is 0 Å². The van der Waals surface area contributed by atoms with Crippen molar-refractivity contribution in [1.82, 2.24) is 0 Å². The van der Waals surface area contributed by atoms with Crippen LogP contribution in [0.3, 0.4) is 0 Å². The van der Waals surface area contributed by atoms with Crippen molar-refractivity contribution in [2.45, 2.75) is 6.92 Å². The molecule has 1 aromatic rings. The SMILES string of the molecule is COC(=O)c1cc(NC(C)=O)c(Br)s1. The summed E-state index contributed by atoms with van der Waals surface area (Å²) in [4.78, 5) is 22.3. The van der Waals surface area contributed by atoms with Crippen LogP contribution in [0.25, 0.3) is 0 Å². The molecule has 1 aromatic heterocycles. The molecule has 0 saturated carbocycles. The van der Waals surface area contributed by atoms with E-state index in [2.05, 4.69) is 26.0 Å². The highest BCUT2D eigenvalue weighted by Gasteiger charge is 2.13. The molecule has 0 aliphatic heterocycles. The van der Waals surface area contributed by atoms with Crippen LogP contribution in [0.2, 0.25) is 0 Å². The van der Waals surface area contributed by atoms with Gasteiger partial charge in [0.05, 0.1) is 16.6 Å². The van der Waals surface area contributed by atoms with Crippen LogP contribution in [0.1, 0.15) is 16.6 Å². The first-order valence-electron chi connectivity index (χ1n) is 3.70. The summed E-state index contributed by atoms with van der Waals surface area (Å²) >= 11 is 4.46. The van der Waals surface area contributed by atoms with Crippen LogP contribution >= 0.6 is 27.3 Å². The minimum Gasteiger partial charge on any atom is -0.465 e. The van der Waals surface area contributed by atoms with E-state index in [1.165, 1.54) is 25.4 Å². The van der Waals surface area contributed by atoms with Crippen molar-refractivity contribution < 1.29 is 14.3 Å². The number of amides is 1. The Balaban J connectivity index is 2.93. The molecule has 1 rings (SSSR count). The summed E-state index contributed by atoms with van der Waals surface area (Å²) in [5.74, 6) is -0.591. The van der Waals surface area contributed by atoms with Gasteiger partial charge in [-0.1, -0.05) is 0 Å². The highest BCUT2D eigenvalue weighted by Crippen LogP contribution is 2.32. The van der Waals surface area contributed by atoms with Gasteiger partial charge >= 0.3 is 5.97 Å². The van der Waals surface area contributed by atoms with Gasteiger partial charge in [-0.25, -0.2) is 4.79 Å². The van der Waals surface area contributed by atoms with Crippen molar-refractivity contribution in [2.24, 2.45) is 0 Å². The lowest BCUT2D eigenvalue weighted by Gasteiger charge is -1.96. The van der Waals surface area contributed by atoms with Gasteiger partial charge in [0.1, 0.15) is 4.88 Å². The molecule has 4 nitrogen and oxygen atoms in total. The minimum absolute atomic E-state index is 0.181. The van der Waals surface area contributed by atoms with Gasteiger partial charge in [-0.3, -0.25) is 4.79 Å². The number of rotatable bonds is 2. The fourth-order valence-corrected chi connectivity index (χ4v) is 2.34. The van der Waals surface area contributed by atoms with Gasteiger partial charge in [0.25, 0.3) is 0 Å². The number of hydrogen-bond donors (Lipinski definition) is 1. The van der Waals surface area contributed by atoms with E-state index in [1.54, 1.807) is 6.07 Å². The molecule has 1 heterocycles. The van der Waals surface area contributed by atoms with E-state index in [-0.39, 0.29) is 5.91 Å². The third-order valence-electron chi connectivity index (χ3n) is 1.38. The Morgan fingerprint density at radius 2 is 2.21 bits per heavy atom. The normalized spacial score (nSPS) is 9.64. The summed E-state index contributed by atoms with van der Waals surface area (Å²) in [6, 6.07) is 1.57. The summed E-state index contributed by atoms with van der Waals surface area (Å²) in [6.07, 6.45) is 0. The van der Waals surface area contributed by atoms with Crippen molar-refractivity contribution in [1.29, 1.82) is 0 Å². The van der Waals surface area contributed by atoms with Crippen LogP contribution < -0.4 is 5.32 Å². The average molecular weight is 278 g/mol. The molecule has 1 N–H and O–H groups in total. The molecule has 0 atom stereocenters. The van der Waals surface area contributed by atoms with Crippen molar-refractivity contribution in [3.05, 3.63) is 14.7 Å². The second-order valence-electron chi connectivity index (χ2n) is 2.47. The van der Waals surface area contributed by atoms with Crippen LogP contribution in [0.4, 0.5) is 5.69 Å². The third-order valence-corrected chi connectivity index (χ3v) is 3.20. The number of anilines is 1. The highest BCUT2D eigenvalue weighted by molar-refractivity contribution is 9.11. The van der Waals surface area contributed by atoms with Crippen LogP contribution in [0.15, 0.2) is 9.85 Å². The Morgan fingerprint density at radius 3 is 2.71 bits per heavy atom. The third kappa shape index (κ3) is 2.55. The van der Waals surface area contributed by atoms with E-state index in [1.807, 2.05) is 0 Å². The van der Waals surface area contributed by atoms with Gasteiger partial charge in [0.15, 0.2) is 0 Å². The maximum absolute atomic E-state index is 11.1. The monoisotopic (exact) mass is 277 g/mol.